The molecule has 0 heterocycles. The van der Waals surface area contributed by atoms with Crippen molar-refractivity contribution in [2.75, 3.05) is 26.7 Å². The molecule has 2 rings (SSSR count). The predicted octanol–water partition coefficient (Wildman–Crippen LogP) is 3.22. The molecule has 1 aliphatic carbocycles. The lowest BCUT2D eigenvalue weighted by Gasteiger charge is -2.17. The third kappa shape index (κ3) is 4.77. The normalized spacial score (nSPS) is 15.3. The Kier molecular flexibility index (Phi) is 5.31. The summed E-state index contributed by atoms with van der Waals surface area (Å²) < 4.78 is 0. The molecule has 0 spiro atoms. The van der Waals surface area contributed by atoms with Gasteiger partial charge in [-0.2, -0.15) is 0 Å². The zero-order chi connectivity index (χ0) is 13.0. The summed E-state index contributed by atoms with van der Waals surface area (Å²) in [6.07, 6.45) is 3.72. The summed E-state index contributed by atoms with van der Waals surface area (Å²) in [5.74, 6) is 0. The van der Waals surface area contributed by atoms with E-state index in [1.54, 1.807) is 0 Å². The number of nitrogens with zero attached hydrogens (tertiary/aromatic N) is 1. The van der Waals surface area contributed by atoms with Crippen LogP contribution in [0.2, 0.25) is 10.0 Å². The number of nitrogens with one attached hydrogen (secondary N) is 1. The molecule has 1 aromatic rings. The number of hydrogen-bond donors (Lipinski definition) is 1. The van der Waals surface area contributed by atoms with Crippen LogP contribution in [0.15, 0.2) is 18.2 Å². The highest BCUT2D eigenvalue weighted by Gasteiger charge is 2.19. The summed E-state index contributed by atoms with van der Waals surface area (Å²) in [5, 5.41) is 4.79. The van der Waals surface area contributed by atoms with Crippen LogP contribution in [0, 0.1) is 0 Å². The highest BCUT2D eigenvalue weighted by Crippen LogP contribution is 2.22. The third-order valence-corrected chi connectivity index (χ3v) is 4.01. The van der Waals surface area contributed by atoms with Crippen LogP contribution in [-0.4, -0.2) is 37.6 Å². The minimum atomic E-state index is 0.627. The van der Waals surface area contributed by atoms with Crippen LogP contribution in [0.25, 0.3) is 0 Å². The zero-order valence-corrected chi connectivity index (χ0v) is 12.3. The van der Waals surface area contributed by atoms with Crippen LogP contribution in [0.3, 0.4) is 0 Å². The van der Waals surface area contributed by atoms with Gasteiger partial charge in [0.05, 0.1) is 10.0 Å². The maximum atomic E-state index is 6.00. The number of likely N-dealkylation sites (N-methyl/N-ethyl adjacent to an activating group) is 1. The van der Waals surface area contributed by atoms with Gasteiger partial charge >= 0.3 is 0 Å². The first-order valence-electron chi connectivity index (χ1n) is 6.51. The molecule has 0 atom stereocenters. The van der Waals surface area contributed by atoms with Gasteiger partial charge in [-0.15, -0.1) is 0 Å². The smallest absolute Gasteiger partial charge is 0.0595 e. The van der Waals surface area contributed by atoms with Gasteiger partial charge in [0.15, 0.2) is 0 Å². The fourth-order valence-corrected chi connectivity index (χ4v) is 2.19. The lowest BCUT2D eigenvalue weighted by Crippen LogP contribution is -2.31. The van der Waals surface area contributed by atoms with E-state index in [9.17, 15) is 0 Å². The summed E-state index contributed by atoms with van der Waals surface area (Å²) in [4.78, 5) is 2.35. The van der Waals surface area contributed by atoms with Gasteiger partial charge in [0, 0.05) is 25.7 Å². The monoisotopic (exact) mass is 286 g/mol. The Morgan fingerprint density at radius 1 is 1.22 bits per heavy atom. The molecule has 0 aliphatic heterocycles. The molecular weight excluding hydrogens is 267 g/mol. The molecule has 1 aliphatic rings. The topological polar surface area (TPSA) is 15.3 Å². The molecule has 0 amide bonds. The van der Waals surface area contributed by atoms with Crippen molar-refractivity contribution < 1.29 is 0 Å². The third-order valence-electron chi connectivity index (χ3n) is 3.27. The van der Waals surface area contributed by atoms with Gasteiger partial charge in [0.1, 0.15) is 0 Å². The minimum Gasteiger partial charge on any atom is -0.313 e. The number of halogens is 2. The van der Waals surface area contributed by atoms with Gasteiger partial charge in [-0.25, -0.2) is 0 Å². The molecule has 0 unspecified atom stereocenters. The summed E-state index contributed by atoms with van der Waals surface area (Å²) in [7, 11) is 2.16. The Hall–Kier alpha value is -0.280. The molecular formula is C14H20Cl2N2. The Bertz CT molecular complexity index is 391. The SMILES string of the molecule is CN(CCNC1CC1)CCc1ccc(Cl)c(Cl)c1. The van der Waals surface area contributed by atoms with Crippen molar-refractivity contribution in [3.05, 3.63) is 33.8 Å². The van der Waals surface area contributed by atoms with Gasteiger partial charge in [-0.3, -0.25) is 0 Å². The van der Waals surface area contributed by atoms with Gasteiger partial charge in [-0.05, 0) is 44.0 Å². The summed E-state index contributed by atoms with van der Waals surface area (Å²) in [6.45, 7) is 3.23. The van der Waals surface area contributed by atoms with Crippen LogP contribution in [0.4, 0.5) is 0 Å². The fraction of sp³-hybridized carbons (Fsp3) is 0.571. The lowest BCUT2D eigenvalue weighted by molar-refractivity contribution is 0.335. The number of benzene rings is 1. The molecule has 2 nitrogen and oxygen atoms in total. The van der Waals surface area contributed by atoms with Gasteiger partial charge in [-0.1, -0.05) is 29.3 Å². The first kappa shape index (κ1) is 14.1. The Morgan fingerprint density at radius 3 is 2.67 bits per heavy atom. The van der Waals surface area contributed by atoms with Crippen molar-refractivity contribution in [3.8, 4) is 0 Å². The molecule has 18 heavy (non-hydrogen) atoms. The summed E-state index contributed by atoms with van der Waals surface area (Å²) in [5.41, 5.74) is 1.24. The maximum Gasteiger partial charge on any atom is 0.0595 e. The number of rotatable bonds is 7. The second-order valence-electron chi connectivity index (χ2n) is 5.03. The molecule has 1 saturated carbocycles. The minimum absolute atomic E-state index is 0.627. The molecule has 0 radical (unpaired) electrons. The Morgan fingerprint density at radius 2 is 2.00 bits per heavy atom. The van der Waals surface area contributed by atoms with E-state index in [1.807, 2.05) is 18.2 Å². The van der Waals surface area contributed by atoms with E-state index in [2.05, 4.69) is 17.3 Å². The van der Waals surface area contributed by atoms with Crippen LogP contribution in [0.5, 0.6) is 0 Å². The first-order valence-corrected chi connectivity index (χ1v) is 7.26. The van der Waals surface area contributed by atoms with E-state index in [1.165, 1.54) is 18.4 Å². The number of hydrogen-bond acceptors (Lipinski definition) is 2. The second kappa shape index (κ2) is 6.76. The van der Waals surface area contributed by atoms with Crippen molar-refractivity contribution in [3.63, 3.8) is 0 Å². The molecule has 4 heteroatoms. The standard InChI is InChI=1S/C14H20Cl2N2/c1-18(9-7-17-12-3-4-12)8-6-11-2-5-13(15)14(16)10-11/h2,5,10,12,17H,3-4,6-9H2,1H3. The van der Waals surface area contributed by atoms with Crippen molar-refractivity contribution in [2.45, 2.75) is 25.3 Å². The Labute approximate surface area is 119 Å². The lowest BCUT2D eigenvalue weighted by atomic mass is 10.1. The largest absolute Gasteiger partial charge is 0.313 e. The molecule has 1 aromatic carbocycles. The van der Waals surface area contributed by atoms with Crippen LogP contribution in [0.1, 0.15) is 18.4 Å². The van der Waals surface area contributed by atoms with Crippen molar-refractivity contribution in [1.29, 1.82) is 0 Å². The van der Waals surface area contributed by atoms with Crippen LogP contribution >= 0.6 is 23.2 Å². The molecule has 0 saturated heterocycles. The Balaban J connectivity index is 1.67. The highest BCUT2D eigenvalue weighted by atomic mass is 35.5. The van der Waals surface area contributed by atoms with E-state index in [-0.39, 0.29) is 0 Å². The highest BCUT2D eigenvalue weighted by molar-refractivity contribution is 6.42. The molecule has 0 bridgehead atoms. The van der Waals surface area contributed by atoms with E-state index >= 15 is 0 Å². The van der Waals surface area contributed by atoms with E-state index in [0.29, 0.717) is 10.0 Å². The van der Waals surface area contributed by atoms with Crippen molar-refractivity contribution in [2.24, 2.45) is 0 Å². The zero-order valence-electron chi connectivity index (χ0n) is 10.8. The maximum absolute atomic E-state index is 6.00. The van der Waals surface area contributed by atoms with Gasteiger partial charge in [0.2, 0.25) is 0 Å². The molecule has 1 fully saturated rings. The van der Waals surface area contributed by atoms with Crippen LogP contribution < -0.4 is 5.32 Å². The van der Waals surface area contributed by atoms with Crippen molar-refractivity contribution >= 4 is 23.2 Å². The molecule has 100 valence electrons. The molecule has 0 aromatic heterocycles. The predicted molar refractivity (Wildman–Crippen MR) is 78.7 cm³/mol. The van der Waals surface area contributed by atoms with E-state index in [0.717, 1.165) is 32.1 Å². The van der Waals surface area contributed by atoms with E-state index < -0.39 is 0 Å². The summed E-state index contributed by atoms with van der Waals surface area (Å²) >= 11 is 11.9. The average Bonchev–Trinajstić information content (AvgIpc) is 3.15. The summed E-state index contributed by atoms with van der Waals surface area (Å²) in [6, 6.07) is 6.67. The second-order valence-corrected chi connectivity index (χ2v) is 5.84. The van der Waals surface area contributed by atoms with Crippen LogP contribution in [-0.2, 0) is 6.42 Å². The quantitative estimate of drug-likeness (QED) is 0.828. The van der Waals surface area contributed by atoms with Crippen molar-refractivity contribution in [1.82, 2.24) is 10.2 Å². The van der Waals surface area contributed by atoms with Gasteiger partial charge in [0.25, 0.3) is 0 Å². The first-order chi connectivity index (χ1) is 8.65. The average molecular weight is 287 g/mol. The van der Waals surface area contributed by atoms with Gasteiger partial charge < -0.3 is 10.2 Å². The fourth-order valence-electron chi connectivity index (χ4n) is 1.87. The van der Waals surface area contributed by atoms with E-state index in [4.69, 9.17) is 23.2 Å². The molecule has 1 N–H and O–H groups in total.